The molecule has 1 aromatic carbocycles. The third-order valence-corrected chi connectivity index (χ3v) is 6.85. The van der Waals surface area contributed by atoms with Crippen LogP contribution in [0, 0.1) is 16.7 Å². The number of carbonyl (C=O) groups excluding carboxylic acids is 4. The molecule has 0 saturated carbocycles. The Bertz CT molecular complexity index is 1400. The molecule has 3 N–H and O–H groups in total. The number of carbonyl (C=O) groups is 4. The first kappa shape index (κ1) is 28.5. The van der Waals surface area contributed by atoms with Crippen molar-refractivity contribution in [2.75, 3.05) is 17.2 Å². The van der Waals surface area contributed by atoms with Gasteiger partial charge in [0.15, 0.2) is 0 Å². The third kappa shape index (κ3) is 5.61. The van der Waals surface area contributed by atoms with Crippen LogP contribution in [-0.4, -0.2) is 52.1 Å². The van der Waals surface area contributed by atoms with Crippen molar-refractivity contribution < 1.29 is 32.3 Å². The highest BCUT2D eigenvalue weighted by atomic mass is 19.4. The summed E-state index contributed by atoms with van der Waals surface area (Å²) in [7, 11) is 0. The molecule has 210 valence electrons. The number of alkyl halides is 3. The number of pyridine rings is 1. The number of likely N-dealkylation sites (tertiary alicyclic amines) is 1. The Kier molecular flexibility index (Phi) is 7.32. The fourth-order valence-corrected chi connectivity index (χ4v) is 5.05. The molecule has 2 aromatic rings. The van der Waals surface area contributed by atoms with Crippen LogP contribution in [0.1, 0.15) is 44.9 Å². The van der Waals surface area contributed by atoms with Gasteiger partial charge in [0, 0.05) is 18.7 Å². The van der Waals surface area contributed by atoms with Crippen LogP contribution >= 0.6 is 0 Å². The van der Waals surface area contributed by atoms with Gasteiger partial charge in [0.1, 0.15) is 17.8 Å². The number of hydrogen-bond donors (Lipinski definition) is 3. The number of anilines is 2. The monoisotopic (exact) mass is 556 g/mol. The van der Waals surface area contributed by atoms with Crippen molar-refractivity contribution in [3.05, 3.63) is 53.9 Å². The van der Waals surface area contributed by atoms with Crippen LogP contribution in [0.5, 0.6) is 0 Å². The first-order chi connectivity index (χ1) is 18.6. The summed E-state index contributed by atoms with van der Waals surface area (Å²) in [5.74, 6) is -3.38. The maximum absolute atomic E-state index is 13.8. The van der Waals surface area contributed by atoms with Gasteiger partial charge in [0.05, 0.1) is 23.4 Å². The van der Waals surface area contributed by atoms with Crippen molar-refractivity contribution >= 4 is 35.0 Å². The smallest absolute Gasteiger partial charge is 0.336 e. The standard InChI is InChI=1S/C27H27F3N6O4/c1-25(2,3)11-19(34-22(38)21(37)33-15-8-9-20(32-13-15)27(28,29)30)23(39)36-14-26(10-16(36)12-31)17-6-4-5-7-18(17)35-24(26)40/h4-9,13,16,19H,10-11,14H2,1-3H3,(H,33,37)(H,34,38)(H,35,40)/t16?,19-,26-/m0/s1. The lowest BCUT2D eigenvalue weighted by Gasteiger charge is -2.31. The Balaban J connectivity index is 1.53. The van der Waals surface area contributed by atoms with Crippen LogP contribution in [0.25, 0.3) is 0 Å². The first-order valence-electron chi connectivity index (χ1n) is 12.4. The van der Waals surface area contributed by atoms with E-state index >= 15 is 0 Å². The number of halogens is 3. The third-order valence-electron chi connectivity index (χ3n) is 6.85. The molecule has 10 nitrogen and oxygen atoms in total. The summed E-state index contributed by atoms with van der Waals surface area (Å²) >= 11 is 0. The second-order valence-electron chi connectivity index (χ2n) is 11.1. The van der Waals surface area contributed by atoms with Crippen LogP contribution in [0.4, 0.5) is 24.5 Å². The van der Waals surface area contributed by atoms with Gasteiger partial charge in [0.25, 0.3) is 0 Å². The zero-order valence-corrected chi connectivity index (χ0v) is 21.9. The van der Waals surface area contributed by atoms with E-state index in [0.717, 1.165) is 12.3 Å². The van der Waals surface area contributed by atoms with Crippen molar-refractivity contribution in [1.29, 1.82) is 5.26 Å². The summed E-state index contributed by atoms with van der Waals surface area (Å²) in [6.45, 7) is 5.37. The van der Waals surface area contributed by atoms with Crippen LogP contribution in [-0.2, 0) is 30.8 Å². The number of amides is 4. The fourth-order valence-electron chi connectivity index (χ4n) is 5.05. The van der Waals surface area contributed by atoms with Crippen LogP contribution in [0.2, 0.25) is 0 Å². The van der Waals surface area contributed by atoms with Gasteiger partial charge in [-0.15, -0.1) is 0 Å². The quantitative estimate of drug-likeness (QED) is 0.494. The predicted octanol–water partition coefficient (Wildman–Crippen LogP) is 2.97. The van der Waals surface area contributed by atoms with E-state index in [-0.39, 0.29) is 31.0 Å². The molecule has 2 aliphatic rings. The SMILES string of the molecule is CC(C)(C)C[C@H](NC(=O)C(=O)Nc1ccc(C(F)(F)F)nc1)C(=O)N1C[C@]2(CC1C#N)C(=O)Nc1ccccc12. The number of hydrogen-bond acceptors (Lipinski definition) is 6. The zero-order chi connectivity index (χ0) is 29.5. The van der Waals surface area contributed by atoms with Gasteiger partial charge in [-0.1, -0.05) is 39.0 Å². The zero-order valence-electron chi connectivity index (χ0n) is 21.9. The molecule has 1 saturated heterocycles. The van der Waals surface area contributed by atoms with Gasteiger partial charge in [-0.3, -0.25) is 19.2 Å². The summed E-state index contributed by atoms with van der Waals surface area (Å²) in [5.41, 5.74) is -1.67. The van der Waals surface area contributed by atoms with Crippen molar-refractivity contribution in [2.45, 2.75) is 57.3 Å². The van der Waals surface area contributed by atoms with Crippen LogP contribution < -0.4 is 16.0 Å². The highest BCUT2D eigenvalue weighted by molar-refractivity contribution is 6.40. The molecular weight excluding hydrogens is 529 g/mol. The van der Waals surface area contributed by atoms with Gasteiger partial charge >= 0.3 is 18.0 Å². The summed E-state index contributed by atoms with van der Waals surface area (Å²) in [6, 6.07) is 8.53. The van der Waals surface area contributed by atoms with E-state index in [4.69, 9.17) is 0 Å². The number of nitriles is 1. The maximum atomic E-state index is 13.8. The van der Waals surface area contributed by atoms with Crippen molar-refractivity contribution in [3.8, 4) is 6.07 Å². The topological polar surface area (TPSA) is 144 Å². The second-order valence-corrected chi connectivity index (χ2v) is 11.1. The Morgan fingerprint density at radius 3 is 2.48 bits per heavy atom. The van der Waals surface area contributed by atoms with Crippen LogP contribution in [0.15, 0.2) is 42.6 Å². The van der Waals surface area contributed by atoms with Crippen molar-refractivity contribution in [2.24, 2.45) is 5.41 Å². The lowest BCUT2D eigenvalue weighted by atomic mass is 9.80. The minimum atomic E-state index is -4.67. The van der Waals surface area contributed by atoms with Crippen molar-refractivity contribution in [3.63, 3.8) is 0 Å². The number of fused-ring (bicyclic) bond motifs is 2. The van der Waals surface area contributed by atoms with E-state index in [1.807, 2.05) is 20.8 Å². The number of nitrogens with one attached hydrogen (secondary N) is 3. The average Bonchev–Trinajstić information content (AvgIpc) is 3.40. The lowest BCUT2D eigenvalue weighted by molar-refractivity contribution is -0.141. The normalized spacial score (nSPS) is 20.9. The van der Waals surface area contributed by atoms with Gasteiger partial charge in [-0.25, -0.2) is 4.98 Å². The molecule has 40 heavy (non-hydrogen) atoms. The molecule has 13 heteroatoms. The number of aromatic nitrogens is 1. The molecule has 2 aliphatic heterocycles. The summed E-state index contributed by atoms with van der Waals surface area (Å²) < 4.78 is 38.2. The first-order valence-corrected chi connectivity index (χ1v) is 12.4. The number of nitrogens with zero attached hydrogens (tertiary/aromatic N) is 3. The molecular formula is C27H27F3N6O4. The molecule has 3 heterocycles. The molecule has 3 atom stereocenters. The molecule has 4 rings (SSSR count). The Labute approximate surface area is 227 Å². The van der Waals surface area contributed by atoms with E-state index in [0.29, 0.717) is 17.3 Å². The fraction of sp³-hybridized carbons (Fsp3) is 0.407. The minimum absolute atomic E-state index is 0.0652. The van der Waals surface area contributed by atoms with Gasteiger partial charge in [-0.05, 0) is 35.6 Å². The average molecular weight is 557 g/mol. The molecule has 1 aromatic heterocycles. The summed E-state index contributed by atoms with van der Waals surface area (Å²) in [6.07, 6.45) is -3.75. The minimum Gasteiger partial charge on any atom is -0.336 e. The van der Waals surface area contributed by atoms with E-state index in [1.54, 1.807) is 24.3 Å². The summed E-state index contributed by atoms with van der Waals surface area (Å²) in [4.78, 5) is 56.6. The number of rotatable bonds is 4. The maximum Gasteiger partial charge on any atom is 0.433 e. The van der Waals surface area contributed by atoms with E-state index < -0.39 is 52.5 Å². The van der Waals surface area contributed by atoms with E-state index in [2.05, 4.69) is 27.0 Å². The Hall–Kier alpha value is -4.47. The Morgan fingerprint density at radius 2 is 1.88 bits per heavy atom. The molecule has 1 fully saturated rings. The van der Waals surface area contributed by atoms with Gasteiger partial charge < -0.3 is 20.9 Å². The largest absolute Gasteiger partial charge is 0.433 e. The van der Waals surface area contributed by atoms with Crippen LogP contribution in [0.3, 0.4) is 0 Å². The van der Waals surface area contributed by atoms with Gasteiger partial charge in [-0.2, -0.15) is 18.4 Å². The Morgan fingerprint density at radius 1 is 1.18 bits per heavy atom. The van der Waals surface area contributed by atoms with E-state index in [9.17, 15) is 37.6 Å². The molecule has 1 unspecified atom stereocenters. The lowest BCUT2D eigenvalue weighted by Crippen LogP contribution is -2.53. The molecule has 0 aliphatic carbocycles. The van der Waals surface area contributed by atoms with Gasteiger partial charge in [0.2, 0.25) is 11.8 Å². The van der Waals surface area contributed by atoms with E-state index in [1.165, 1.54) is 4.90 Å². The highest BCUT2D eigenvalue weighted by Gasteiger charge is 2.56. The number of benzene rings is 1. The molecule has 0 radical (unpaired) electrons. The molecule has 1 spiro atoms. The van der Waals surface area contributed by atoms with Crippen molar-refractivity contribution in [1.82, 2.24) is 15.2 Å². The summed E-state index contributed by atoms with van der Waals surface area (Å²) in [5, 5.41) is 17.3. The number of para-hydroxylation sites is 1. The highest BCUT2D eigenvalue weighted by Crippen LogP contribution is 2.46. The molecule has 0 bridgehead atoms. The predicted molar refractivity (Wildman–Crippen MR) is 136 cm³/mol. The molecule has 4 amide bonds. The second kappa shape index (κ2) is 10.3.